The molecule has 0 aromatic carbocycles. The van der Waals surface area contributed by atoms with Crippen molar-refractivity contribution < 1.29 is 36.3 Å². The van der Waals surface area contributed by atoms with E-state index >= 15 is 0 Å². The maximum atomic E-state index is 12.7. The van der Waals surface area contributed by atoms with Gasteiger partial charge >= 0.3 is 15.6 Å². The number of hydrogen-bond donors (Lipinski definition) is 0. The molecule has 0 amide bonds. The van der Waals surface area contributed by atoms with Crippen LogP contribution in [0, 0.1) is 0 Å². The van der Waals surface area contributed by atoms with Crippen LogP contribution in [0.3, 0.4) is 0 Å². The van der Waals surface area contributed by atoms with Crippen LogP contribution in [0.15, 0.2) is 0 Å². The third-order valence-electron chi connectivity index (χ3n) is 3.78. The molecule has 0 aromatic rings. The summed E-state index contributed by atoms with van der Waals surface area (Å²) >= 11 is 0. The van der Waals surface area contributed by atoms with Crippen LogP contribution in [0.5, 0.6) is 0 Å². The molecule has 0 aromatic heterocycles. The van der Waals surface area contributed by atoms with Gasteiger partial charge in [0.2, 0.25) is 0 Å². The molecule has 10 heteroatoms. The highest BCUT2D eigenvalue weighted by molar-refractivity contribution is 7.48. The maximum absolute atomic E-state index is 12.7. The molecule has 29 heavy (non-hydrogen) atoms. The number of unbranched alkanes of at least 4 members (excludes halogenated alkanes) is 4. The average Bonchev–Trinajstić information content (AvgIpc) is 2.69. The highest BCUT2D eigenvalue weighted by atomic mass is 31.2. The molecular formula is C19H42O8P2. The first-order valence-electron chi connectivity index (χ1n) is 11.0. The second-order valence-electron chi connectivity index (χ2n) is 6.66. The van der Waals surface area contributed by atoms with Crippen LogP contribution in [0.25, 0.3) is 0 Å². The number of phosphoric acid groups is 2. The van der Waals surface area contributed by atoms with Crippen LogP contribution < -0.4 is 0 Å². The van der Waals surface area contributed by atoms with Crippen molar-refractivity contribution >= 4 is 15.6 Å². The molecule has 0 aliphatic heterocycles. The minimum atomic E-state index is -3.59. The van der Waals surface area contributed by atoms with Gasteiger partial charge in [0.15, 0.2) is 0 Å². The van der Waals surface area contributed by atoms with Gasteiger partial charge in [0.05, 0.1) is 39.6 Å². The summed E-state index contributed by atoms with van der Waals surface area (Å²) in [5.41, 5.74) is 0. The lowest BCUT2D eigenvalue weighted by Gasteiger charge is -2.19. The summed E-state index contributed by atoms with van der Waals surface area (Å²) in [7, 11) is -7.18. The van der Waals surface area contributed by atoms with Crippen molar-refractivity contribution in [3.8, 4) is 0 Å². The van der Waals surface area contributed by atoms with Crippen LogP contribution in [0.4, 0.5) is 0 Å². The standard InChI is InChI=1S/C19H42O8P2/c1-5-9-14-22-28(20,23-15-10-6-2)26-18-13-19-27-29(21,24-16-11-7-3)25-17-12-8-4/h5-19H2,1-4H3. The van der Waals surface area contributed by atoms with Crippen molar-refractivity contribution in [2.24, 2.45) is 0 Å². The van der Waals surface area contributed by atoms with Gasteiger partial charge in [-0.1, -0.05) is 53.4 Å². The Hall–Kier alpha value is 0.220. The van der Waals surface area contributed by atoms with E-state index in [0.29, 0.717) is 32.8 Å². The molecule has 0 bridgehead atoms. The quantitative estimate of drug-likeness (QED) is 0.127. The maximum Gasteiger partial charge on any atom is 0.474 e. The molecule has 0 unspecified atom stereocenters. The number of rotatable bonds is 22. The lowest BCUT2D eigenvalue weighted by Crippen LogP contribution is -2.07. The Morgan fingerprint density at radius 1 is 0.414 bits per heavy atom. The lowest BCUT2D eigenvalue weighted by molar-refractivity contribution is 0.0916. The highest BCUT2D eigenvalue weighted by Gasteiger charge is 2.28. The van der Waals surface area contributed by atoms with Crippen molar-refractivity contribution in [2.45, 2.75) is 85.5 Å². The van der Waals surface area contributed by atoms with E-state index in [1.807, 2.05) is 27.7 Å². The summed E-state index contributed by atoms with van der Waals surface area (Å²) in [5.74, 6) is 0. The zero-order valence-electron chi connectivity index (χ0n) is 18.8. The Kier molecular flexibility index (Phi) is 19.1. The van der Waals surface area contributed by atoms with E-state index in [1.165, 1.54) is 0 Å². The van der Waals surface area contributed by atoms with Gasteiger partial charge < -0.3 is 0 Å². The van der Waals surface area contributed by atoms with Gasteiger partial charge in [0, 0.05) is 0 Å². The molecule has 0 aliphatic rings. The van der Waals surface area contributed by atoms with Crippen molar-refractivity contribution in [2.75, 3.05) is 39.6 Å². The molecule has 176 valence electrons. The first-order valence-corrected chi connectivity index (χ1v) is 13.9. The highest BCUT2D eigenvalue weighted by Crippen LogP contribution is 2.51. The molecule has 0 N–H and O–H groups in total. The van der Waals surface area contributed by atoms with E-state index in [-0.39, 0.29) is 13.2 Å². The van der Waals surface area contributed by atoms with E-state index in [1.54, 1.807) is 0 Å². The van der Waals surface area contributed by atoms with Crippen LogP contribution in [-0.2, 0) is 36.3 Å². The zero-order valence-corrected chi connectivity index (χ0v) is 20.6. The minimum Gasteiger partial charge on any atom is -0.287 e. The van der Waals surface area contributed by atoms with Crippen molar-refractivity contribution in [3.05, 3.63) is 0 Å². The lowest BCUT2D eigenvalue weighted by atomic mass is 10.4. The molecule has 0 fully saturated rings. The largest absolute Gasteiger partial charge is 0.474 e. The van der Waals surface area contributed by atoms with E-state index in [2.05, 4.69) is 0 Å². The fraction of sp³-hybridized carbons (Fsp3) is 1.00. The molecule has 8 nitrogen and oxygen atoms in total. The van der Waals surface area contributed by atoms with Crippen LogP contribution >= 0.6 is 15.6 Å². The molecule has 0 heterocycles. The smallest absolute Gasteiger partial charge is 0.287 e. The summed E-state index contributed by atoms with van der Waals surface area (Å²) in [6.45, 7) is 9.57. The Labute approximate surface area is 177 Å². The normalized spacial score (nSPS) is 12.6. The van der Waals surface area contributed by atoms with Crippen molar-refractivity contribution in [1.82, 2.24) is 0 Å². The predicted molar refractivity (Wildman–Crippen MR) is 115 cm³/mol. The van der Waals surface area contributed by atoms with Crippen molar-refractivity contribution in [3.63, 3.8) is 0 Å². The average molecular weight is 460 g/mol. The second-order valence-corrected chi connectivity index (χ2v) is 10.00. The minimum absolute atomic E-state index is 0.0967. The summed E-state index contributed by atoms with van der Waals surface area (Å²) in [4.78, 5) is 0. The van der Waals surface area contributed by atoms with Gasteiger partial charge in [-0.25, -0.2) is 9.13 Å². The first-order chi connectivity index (χ1) is 13.9. The summed E-state index contributed by atoms with van der Waals surface area (Å²) < 4.78 is 57.6. The SMILES string of the molecule is CCCCOP(=O)(OCCCC)OCCCOP(=O)(OCCCC)OCCCC. The van der Waals surface area contributed by atoms with Gasteiger partial charge in [-0.15, -0.1) is 0 Å². The summed E-state index contributed by atoms with van der Waals surface area (Å²) in [5, 5.41) is 0. The number of hydrogen-bond acceptors (Lipinski definition) is 8. The summed E-state index contributed by atoms with van der Waals surface area (Å²) in [6.07, 6.45) is 7.17. The van der Waals surface area contributed by atoms with E-state index in [9.17, 15) is 9.13 Å². The molecule has 0 spiro atoms. The first kappa shape index (κ1) is 29.2. The topological polar surface area (TPSA) is 89.5 Å². The van der Waals surface area contributed by atoms with Crippen LogP contribution in [-0.4, -0.2) is 39.6 Å². The van der Waals surface area contributed by atoms with Crippen LogP contribution in [0.2, 0.25) is 0 Å². The molecule has 0 radical (unpaired) electrons. The Morgan fingerprint density at radius 3 is 0.828 bits per heavy atom. The fourth-order valence-corrected chi connectivity index (χ4v) is 4.48. The predicted octanol–water partition coefficient (Wildman–Crippen LogP) is 6.89. The molecule has 0 atom stereocenters. The number of phosphoric ester groups is 2. The Morgan fingerprint density at radius 2 is 0.621 bits per heavy atom. The molecular weight excluding hydrogens is 418 g/mol. The monoisotopic (exact) mass is 460 g/mol. The molecule has 0 saturated heterocycles. The third kappa shape index (κ3) is 16.6. The fourth-order valence-electron chi connectivity index (χ4n) is 1.92. The van der Waals surface area contributed by atoms with E-state index in [0.717, 1.165) is 51.4 Å². The van der Waals surface area contributed by atoms with Crippen LogP contribution in [0.1, 0.15) is 85.5 Å². The summed E-state index contributed by atoms with van der Waals surface area (Å²) in [6, 6.07) is 0. The zero-order chi connectivity index (χ0) is 21.8. The van der Waals surface area contributed by atoms with E-state index in [4.69, 9.17) is 27.1 Å². The van der Waals surface area contributed by atoms with Gasteiger partial charge in [0.1, 0.15) is 0 Å². The molecule has 0 aliphatic carbocycles. The van der Waals surface area contributed by atoms with Gasteiger partial charge in [-0.05, 0) is 32.1 Å². The Balaban J connectivity index is 4.40. The molecule has 0 rings (SSSR count). The third-order valence-corrected chi connectivity index (χ3v) is 6.77. The van der Waals surface area contributed by atoms with Crippen molar-refractivity contribution in [1.29, 1.82) is 0 Å². The van der Waals surface area contributed by atoms with Gasteiger partial charge in [-0.2, -0.15) is 0 Å². The van der Waals surface area contributed by atoms with Gasteiger partial charge in [0.25, 0.3) is 0 Å². The van der Waals surface area contributed by atoms with E-state index < -0.39 is 15.6 Å². The second kappa shape index (κ2) is 18.9. The Bertz CT molecular complexity index is 393. The molecule has 0 saturated carbocycles. The van der Waals surface area contributed by atoms with Gasteiger partial charge in [-0.3, -0.25) is 27.1 Å².